The van der Waals surface area contributed by atoms with Crippen LogP contribution in [0.1, 0.15) is 97.8 Å². The van der Waals surface area contributed by atoms with Gasteiger partial charge in [-0.25, -0.2) is 0 Å². The van der Waals surface area contributed by atoms with Crippen molar-refractivity contribution < 1.29 is 19.1 Å². The molecule has 0 bridgehead atoms. The third-order valence-corrected chi connectivity index (χ3v) is 10.6. The molecule has 0 aromatic rings. The molecule has 0 radical (unpaired) electrons. The van der Waals surface area contributed by atoms with E-state index in [2.05, 4.69) is 13.8 Å². The average Bonchev–Trinajstić information content (AvgIpc) is 3.03. The van der Waals surface area contributed by atoms with Gasteiger partial charge in [0.15, 0.2) is 12.1 Å². The number of hydrogen-bond donors (Lipinski definition) is 0. The minimum absolute atomic E-state index is 0.0888. The van der Waals surface area contributed by atoms with E-state index in [1.807, 2.05) is 0 Å². The molecule has 1 saturated heterocycles. The summed E-state index contributed by atoms with van der Waals surface area (Å²) in [6, 6.07) is 0. The summed E-state index contributed by atoms with van der Waals surface area (Å²) in [5.41, 5.74) is -0.452. The Morgan fingerprint density at radius 2 is 1.80 bits per heavy atom. The minimum Gasteiger partial charge on any atom is -0.353 e. The highest BCUT2D eigenvalue weighted by molar-refractivity contribution is 5.86. The minimum atomic E-state index is -0.676. The molecule has 0 spiro atoms. The second kappa shape index (κ2) is 7.40. The molecule has 0 amide bonds. The van der Waals surface area contributed by atoms with Crippen molar-refractivity contribution in [3.05, 3.63) is 0 Å². The topological polar surface area (TPSA) is 52.6 Å². The van der Waals surface area contributed by atoms with Crippen LogP contribution in [0.4, 0.5) is 0 Å². The number of Topliss-reactive ketones (excluding diaryl/α,β-unsaturated/α-hetero) is 2. The Kier molecular flexibility index (Phi) is 5.21. The van der Waals surface area contributed by atoms with E-state index < -0.39 is 5.60 Å². The van der Waals surface area contributed by atoms with Gasteiger partial charge in [0.2, 0.25) is 0 Å². The van der Waals surface area contributed by atoms with Crippen molar-refractivity contribution in [3.63, 3.8) is 0 Å². The zero-order valence-corrected chi connectivity index (χ0v) is 19.2. The molecule has 4 heteroatoms. The Bertz CT molecular complexity index is 712. The number of hydrogen-bond acceptors (Lipinski definition) is 4. The second-order valence-electron chi connectivity index (χ2n) is 11.7. The Balaban J connectivity index is 1.43. The van der Waals surface area contributed by atoms with E-state index in [1.165, 1.54) is 19.3 Å². The van der Waals surface area contributed by atoms with Crippen LogP contribution in [0.5, 0.6) is 0 Å². The van der Waals surface area contributed by atoms with Gasteiger partial charge >= 0.3 is 0 Å². The van der Waals surface area contributed by atoms with Gasteiger partial charge in [-0.1, -0.05) is 13.8 Å². The van der Waals surface area contributed by atoms with Crippen LogP contribution >= 0.6 is 0 Å². The summed E-state index contributed by atoms with van der Waals surface area (Å²) in [5, 5.41) is 0. The van der Waals surface area contributed by atoms with Crippen LogP contribution in [0.25, 0.3) is 0 Å². The molecule has 8 atom stereocenters. The first-order valence-electron chi connectivity index (χ1n) is 12.6. The molecule has 30 heavy (non-hydrogen) atoms. The molecule has 1 aliphatic heterocycles. The smallest absolute Gasteiger partial charge is 0.162 e. The Hall–Kier alpha value is -0.740. The lowest BCUT2D eigenvalue weighted by Gasteiger charge is -2.61. The highest BCUT2D eigenvalue weighted by Gasteiger charge is 2.67. The lowest BCUT2D eigenvalue weighted by Crippen LogP contribution is -2.60. The third kappa shape index (κ3) is 2.92. The van der Waals surface area contributed by atoms with Gasteiger partial charge in [-0.2, -0.15) is 0 Å². The standard InChI is InChI=1S/C26H40O4/c1-17(27)26(30-23-6-4-5-15-29-23)14-11-22-20-8-7-18-16-19(28)9-12-24(18,2)21(20)10-13-25(22,26)3/h18,20-23H,4-16H2,1-3H3/t18-,20-,21+,22+,23?,24+,25+,26+/m1/s1. The van der Waals surface area contributed by atoms with E-state index in [4.69, 9.17) is 9.47 Å². The van der Waals surface area contributed by atoms with Crippen LogP contribution in [0, 0.1) is 34.5 Å². The first-order chi connectivity index (χ1) is 14.3. The monoisotopic (exact) mass is 416 g/mol. The van der Waals surface area contributed by atoms with E-state index in [9.17, 15) is 9.59 Å². The van der Waals surface area contributed by atoms with Gasteiger partial charge in [-0.3, -0.25) is 9.59 Å². The van der Waals surface area contributed by atoms with Gasteiger partial charge in [-0.15, -0.1) is 0 Å². The zero-order chi connectivity index (χ0) is 21.1. The summed E-state index contributed by atoms with van der Waals surface area (Å²) in [6.45, 7) is 7.36. The molecular weight excluding hydrogens is 376 g/mol. The van der Waals surface area contributed by atoms with E-state index in [-0.39, 0.29) is 17.5 Å². The van der Waals surface area contributed by atoms with Crippen LogP contribution in [-0.2, 0) is 19.1 Å². The van der Waals surface area contributed by atoms with Gasteiger partial charge in [0, 0.05) is 24.9 Å². The van der Waals surface area contributed by atoms with Crippen molar-refractivity contribution in [3.8, 4) is 0 Å². The maximum atomic E-state index is 13.2. The highest BCUT2D eigenvalue weighted by atomic mass is 16.7. The summed E-state index contributed by atoms with van der Waals surface area (Å²) in [7, 11) is 0. The number of carbonyl (C=O) groups excluding carboxylic acids is 2. The number of carbonyl (C=O) groups is 2. The number of rotatable bonds is 3. The fraction of sp³-hybridized carbons (Fsp3) is 0.923. The molecule has 1 heterocycles. The normalized spacial score (nSPS) is 51.0. The molecule has 0 aromatic heterocycles. The summed E-state index contributed by atoms with van der Waals surface area (Å²) >= 11 is 0. The molecule has 5 fully saturated rings. The molecule has 1 unspecified atom stereocenters. The van der Waals surface area contributed by atoms with Crippen LogP contribution in [0.3, 0.4) is 0 Å². The quantitative estimate of drug-likeness (QED) is 0.612. The summed E-state index contributed by atoms with van der Waals surface area (Å²) in [4.78, 5) is 25.3. The maximum absolute atomic E-state index is 13.2. The fourth-order valence-electron chi connectivity index (χ4n) is 8.93. The van der Waals surface area contributed by atoms with Gasteiger partial charge in [-0.05, 0) is 100 Å². The lowest BCUT2D eigenvalue weighted by atomic mass is 9.44. The largest absolute Gasteiger partial charge is 0.353 e. The predicted octanol–water partition coefficient (Wildman–Crippen LogP) is 5.47. The van der Waals surface area contributed by atoms with E-state index in [1.54, 1.807) is 6.92 Å². The first kappa shape index (κ1) is 21.1. The SMILES string of the molecule is CC(=O)[C@@]1(OC2CCCCO2)CC[C@H]2[C@@H]3CC[C@@H]4CC(=O)CC[C@]4(C)[C@H]3CC[C@@]21C. The van der Waals surface area contributed by atoms with Crippen molar-refractivity contribution in [1.29, 1.82) is 0 Å². The molecule has 4 saturated carbocycles. The highest BCUT2D eigenvalue weighted by Crippen LogP contribution is 2.69. The molecule has 5 rings (SSSR count). The fourth-order valence-corrected chi connectivity index (χ4v) is 8.93. The van der Waals surface area contributed by atoms with Crippen LogP contribution in [0.2, 0.25) is 0 Å². The van der Waals surface area contributed by atoms with E-state index in [0.717, 1.165) is 64.4 Å². The lowest BCUT2D eigenvalue weighted by molar-refractivity contribution is -0.255. The Labute approximate surface area is 181 Å². The van der Waals surface area contributed by atoms with Crippen molar-refractivity contribution in [2.75, 3.05) is 6.61 Å². The number of ether oxygens (including phenoxy) is 2. The molecule has 0 aromatic carbocycles. The van der Waals surface area contributed by atoms with Gasteiger partial charge in [0.25, 0.3) is 0 Å². The zero-order valence-electron chi connectivity index (χ0n) is 19.2. The second-order valence-corrected chi connectivity index (χ2v) is 11.7. The van der Waals surface area contributed by atoms with Crippen LogP contribution < -0.4 is 0 Å². The van der Waals surface area contributed by atoms with Crippen LogP contribution in [-0.4, -0.2) is 30.1 Å². The Morgan fingerprint density at radius 3 is 2.53 bits per heavy atom. The molecule has 168 valence electrons. The summed E-state index contributed by atoms with van der Waals surface area (Å²) in [6.07, 6.45) is 12.2. The van der Waals surface area contributed by atoms with E-state index in [0.29, 0.717) is 34.9 Å². The molecule has 4 nitrogen and oxygen atoms in total. The van der Waals surface area contributed by atoms with Crippen molar-refractivity contribution in [2.24, 2.45) is 34.5 Å². The van der Waals surface area contributed by atoms with E-state index >= 15 is 0 Å². The molecule has 4 aliphatic carbocycles. The summed E-state index contributed by atoms with van der Waals surface area (Å²) < 4.78 is 12.6. The average molecular weight is 417 g/mol. The molecular formula is C26H40O4. The molecule has 5 aliphatic rings. The number of fused-ring (bicyclic) bond motifs is 5. The van der Waals surface area contributed by atoms with Gasteiger partial charge in [0.1, 0.15) is 11.4 Å². The van der Waals surface area contributed by atoms with Crippen molar-refractivity contribution in [2.45, 2.75) is 110 Å². The first-order valence-corrected chi connectivity index (χ1v) is 12.6. The predicted molar refractivity (Wildman–Crippen MR) is 115 cm³/mol. The van der Waals surface area contributed by atoms with Crippen molar-refractivity contribution in [1.82, 2.24) is 0 Å². The van der Waals surface area contributed by atoms with Crippen molar-refractivity contribution >= 4 is 11.6 Å². The van der Waals surface area contributed by atoms with Gasteiger partial charge < -0.3 is 9.47 Å². The van der Waals surface area contributed by atoms with Crippen LogP contribution in [0.15, 0.2) is 0 Å². The third-order valence-electron chi connectivity index (χ3n) is 10.6. The maximum Gasteiger partial charge on any atom is 0.162 e. The number of ketones is 2. The molecule has 0 N–H and O–H groups in total. The Morgan fingerprint density at radius 1 is 1.00 bits per heavy atom. The van der Waals surface area contributed by atoms with Gasteiger partial charge in [0.05, 0.1) is 0 Å². The summed E-state index contributed by atoms with van der Waals surface area (Å²) in [5.74, 6) is 3.21.